The Hall–Kier alpha value is -2.55. The molecule has 0 saturated heterocycles. The van der Waals surface area contributed by atoms with Crippen molar-refractivity contribution < 1.29 is 9.53 Å². The Labute approximate surface area is 138 Å². The van der Waals surface area contributed by atoms with Gasteiger partial charge in [-0.05, 0) is 57.0 Å². The number of anilines is 1. The molecule has 0 aliphatic rings. The first-order chi connectivity index (χ1) is 10.9. The number of aryl methyl sites for hydroxylation is 4. The highest BCUT2D eigenvalue weighted by molar-refractivity contribution is 6.03. The van der Waals surface area contributed by atoms with Crippen molar-refractivity contribution in [3.8, 4) is 5.75 Å². The molecular weight excluding hydrogens is 286 g/mol. The van der Waals surface area contributed by atoms with Gasteiger partial charge in [0.15, 0.2) is 0 Å². The summed E-state index contributed by atoms with van der Waals surface area (Å²) in [4.78, 5) is 12.2. The number of nitrogens with one attached hydrogen (secondary N) is 1. The maximum Gasteiger partial charge on any atom is 0.248 e. The van der Waals surface area contributed by atoms with E-state index in [-0.39, 0.29) is 5.91 Å². The molecular formula is C20H23NO2. The third kappa shape index (κ3) is 4.22. The smallest absolute Gasteiger partial charge is 0.248 e. The summed E-state index contributed by atoms with van der Waals surface area (Å²) in [6.45, 7) is 8.07. The van der Waals surface area contributed by atoms with Gasteiger partial charge in [0, 0.05) is 17.3 Å². The Morgan fingerprint density at radius 3 is 2.26 bits per heavy atom. The lowest BCUT2D eigenvalue weighted by molar-refractivity contribution is -0.111. The van der Waals surface area contributed by atoms with Crippen molar-refractivity contribution in [2.45, 2.75) is 27.7 Å². The van der Waals surface area contributed by atoms with E-state index in [4.69, 9.17) is 4.74 Å². The number of hydrogen-bond donors (Lipinski definition) is 1. The summed E-state index contributed by atoms with van der Waals surface area (Å²) >= 11 is 0. The summed E-state index contributed by atoms with van der Waals surface area (Å²) in [5.74, 6) is 0.603. The summed E-state index contributed by atoms with van der Waals surface area (Å²) in [5, 5.41) is 2.96. The molecule has 3 heteroatoms. The third-order valence-corrected chi connectivity index (χ3v) is 3.72. The number of methoxy groups -OCH3 is 1. The highest BCUT2D eigenvalue weighted by Crippen LogP contribution is 2.23. The quantitative estimate of drug-likeness (QED) is 0.839. The minimum atomic E-state index is -0.149. The first-order valence-electron chi connectivity index (χ1n) is 7.62. The molecule has 23 heavy (non-hydrogen) atoms. The topological polar surface area (TPSA) is 38.3 Å². The first-order valence-corrected chi connectivity index (χ1v) is 7.62. The first kappa shape index (κ1) is 16.8. The van der Waals surface area contributed by atoms with Gasteiger partial charge >= 0.3 is 0 Å². The van der Waals surface area contributed by atoms with Gasteiger partial charge in [0.25, 0.3) is 0 Å². The molecule has 3 nitrogen and oxygen atoms in total. The number of carbonyl (C=O) groups is 1. The van der Waals surface area contributed by atoms with E-state index in [1.807, 2.05) is 39.0 Å². The zero-order valence-electron chi connectivity index (χ0n) is 14.4. The van der Waals surface area contributed by atoms with Crippen LogP contribution in [0.4, 0.5) is 5.69 Å². The van der Waals surface area contributed by atoms with E-state index in [9.17, 15) is 4.79 Å². The van der Waals surface area contributed by atoms with Crippen LogP contribution in [0.1, 0.15) is 27.8 Å². The summed E-state index contributed by atoms with van der Waals surface area (Å²) in [6.07, 6.45) is 3.32. The zero-order chi connectivity index (χ0) is 17.0. The minimum Gasteiger partial charge on any atom is -0.496 e. The third-order valence-electron chi connectivity index (χ3n) is 3.72. The maximum atomic E-state index is 12.2. The van der Waals surface area contributed by atoms with Crippen LogP contribution < -0.4 is 10.1 Å². The van der Waals surface area contributed by atoms with Crippen LogP contribution in [0.5, 0.6) is 5.75 Å². The zero-order valence-corrected chi connectivity index (χ0v) is 14.4. The lowest BCUT2D eigenvalue weighted by Crippen LogP contribution is -2.10. The van der Waals surface area contributed by atoms with Crippen molar-refractivity contribution >= 4 is 17.7 Å². The lowest BCUT2D eigenvalue weighted by atomic mass is 10.1. The molecule has 0 spiro atoms. The van der Waals surface area contributed by atoms with Gasteiger partial charge in [-0.25, -0.2) is 0 Å². The molecule has 0 fully saturated rings. The number of rotatable bonds is 4. The lowest BCUT2D eigenvalue weighted by Gasteiger charge is -2.11. The van der Waals surface area contributed by atoms with Crippen LogP contribution in [-0.2, 0) is 4.79 Å². The molecule has 0 heterocycles. The van der Waals surface area contributed by atoms with Crippen molar-refractivity contribution in [2.75, 3.05) is 12.4 Å². The van der Waals surface area contributed by atoms with Gasteiger partial charge in [-0.3, -0.25) is 4.79 Å². The van der Waals surface area contributed by atoms with Crippen LogP contribution in [-0.4, -0.2) is 13.0 Å². The molecule has 120 valence electrons. The summed E-state index contributed by atoms with van der Waals surface area (Å²) in [6, 6.07) is 10.0. The Morgan fingerprint density at radius 2 is 1.65 bits per heavy atom. The molecule has 0 aliphatic heterocycles. The molecule has 2 aromatic rings. The molecule has 0 bridgehead atoms. The molecule has 0 unspecified atom stereocenters. The van der Waals surface area contributed by atoms with Crippen LogP contribution >= 0.6 is 0 Å². The fraction of sp³-hybridized carbons (Fsp3) is 0.250. The highest BCUT2D eigenvalue weighted by Gasteiger charge is 2.07. The molecule has 0 aliphatic carbocycles. The monoisotopic (exact) mass is 309 g/mol. The molecule has 1 N–H and O–H groups in total. The van der Waals surface area contributed by atoms with Gasteiger partial charge in [-0.15, -0.1) is 0 Å². The Bertz CT molecular complexity index is 737. The van der Waals surface area contributed by atoms with Crippen molar-refractivity contribution in [1.82, 2.24) is 0 Å². The predicted octanol–water partition coefficient (Wildman–Crippen LogP) is 4.58. The van der Waals surface area contributed by atoms with Crippen molar-refractivity contribution in [3.05, 3.63) is 64.2 Å². The van der Waals surface area contributed by atoms with Crippen molar-refractivity contribution in [1.29, 1.82) is 0 Å². The summed E-state index contributed by atoms with van der Waals surface area (Å²) in [5.41, 5.74) is 6.21. The Balaban J connectivity index is 2.19. The Morgan fingerprint density at radius 1 is 1.00 bits per heavy atom. The van der Waals surface area contributed by atoms with E-state index in [1.165, 1.54) is 11.6 Å². The second-order valence-electron chi connectivity index (χ2n) is 5.84. The van der Waals surface area contributed by atoms with E-state index in [1.54, 1.807) is 13.2 Å². The molecule has 2 aromatic carbocycles. The SMILES string of the molecule is COc1ccc(C)cc1/C=C/C(=O)Nc1c(C)cc(C)cc1C. The average Bonchev–Trinajstić information content (AvgIpc) is 2.49. The second kappa shape index (κ2) is 7.14. The van der Waals surface area contributed by atoms with Gasteiger partial charge in [0.1, 0.15) is 5.75 Å². The van der Waals surface area contributed by atoms with Gasteiger partial charge in [0.2, 0.25) is 5.91 Å². The van der Waals surface area contributed by atoms with Gasteiger partial charge in [-0.2, -0.15) is 0 Å². The molecule has 1 amide bonds. The van der Waals surface area contributed by atoms with E-state index >= 15 is 0 Å². The highest BCUT2D eigenvalue weighted by atomic mass is 16.5. The van der Waals surface area contributed by atoms with Crippen LogP contribution in [0, 0.1) is 27.7 Å². The molecule has 2 rings (SSSR count). The number of amides is 1. The molecule has 0 radical (unpaired) electrons. The van der Waals surface area contributed by atoms with Crippen LogP contribution in [0.2, 0.25) is 0 Å². The molecule has 0 atom stereocenters. The fourth-order valence-electron chi connectivity index (χ4n) is 2.69. The summed E-state index contributed by atoms with van der Waals surface area (Å²) < 4.78 is 5.32. The molecule has 0 aromatic heterocycles. The number of ether oxygens (including phenoxy) is 1. The van der Waals surface area contributed by atoms with Gasteiger partial charge < -0.3 is 10.1 Å². The van der Waals surface area contributed by atoms with Crippen LogP contribution in [0.15, 0.2) is 36.4 Å². The van der Waals surface area contributed by atoms with Gasteiger partial charge in [-0.1, -0.05) is 29.3 Å². The van der Waals surface area contributed by atoms with Crippen molar-refractivity contribution in [3.63, 3.8) is 0 Å². The van der Waals surface area contributed by atoms with Crippen LogP contribution in [0.25, 0.3) is 6.08 Å². The van der Waals surface area contributed by atoms with Crippen LogP contribution in [0.3, 0.4) is 0 Å². The number of carbonyl (C=O) groups excluding carboxylic acids is 1. The average molecular weight is 309 g/mol. The second-order valence-corrected chi connectivity index (χ2v) is 5.84. The van der Waals surface area contributed by atoms with E-state index in [0.29, 0.717) is 0 Å². The predicted molar refractivity (Wildman–Crippen MR) is 96.0 cm³/mol. The normalized spacial score (nSPS) is 10.8. The van der Waals surface area contributed by atoms with E-state index in [2.05, 4.69) is 24.4 Å². The number of hydrogen-bond acceptors (Lipinski definition) is 2. The Kier molecular flexibility index (Phi) is 5.22. The number of benzene rings is 2. The largest absolute Gasteiger partial charge is 0.496 e. The van der Waals surface area contributed by atoms with Gasteiger partial charge in [0.05, 0.1) is 7.11 Å². The maximum absolute atomic E-state index is 12.2. The fourth-order valence-corrected chi connectivity index (χ4v) is 2.69. The van der Waals surface area contributed by atoms with Crippen molar-refractivity contribution in [2.24, 2.45) is 0 Å². The standard InChI is InChI=1S/C20H23NO2/c1-13-6-8-18(23-5)17(12-13)7-9-19(22)21-20-15(3)10-14(2)11-16(20)4/h6-12H,1-5H3,(H,21,22)/b9-7+. The molecule has 0 saturated carbocycles. The van der Waals surface area contributed by atoms with E-state index in [0.717, 1.165) is 33.7 Å². The minimum absolute atomic E-state index is 0.149. The van der Waals surface area contributed by atoms with E-state index < -0.39 is 0 Å². The summed E-state index contributed by atoms with van der Waals surface area (Å²) in [7, 11) is 1.63.